The first-order valence-corrected chi connectivity index (χ1v) is 9.24. The molecule has 0 bridgehead atoms. The molecule has 3 aromatic rings. The van der Waals surface area contributed by atoms with Crippen LogP contribution in [0.2, 0.25) is 5.02 Å². The van der Waals surface area contributed by atoms with E-state index in [1.807, 2.05) is 79.2 Å². The van der Waals surface area contributed by atoms with Crippen molar-refractivity contribution in [2.75, 3.05) is 5.32 Å². The van der Waals surface area contributed by atoms with E-state index in [9.17, 15) is 4.79 Å². The highest BCUT2D eigenvalue weighted by Gasteiger charge is 2.20. The van der Waals surface area contributed by atoms with Gasteiger partial charge in [-0.3, -0.25) is 9.48 Å². The van der Waals surface area contributed by atoms with E-state index in [4.69, 9.17) is 16.3 Å². The highest BCUT2D eigenvalue weighted by Crippen LogP contribution is 2.16. The summed E-state index contributed by atoms with van der Waals surface area (Å²) in [6.45, 7) is 4.48. The van der Waals surface area contributed by atoms with E-state index in [0.717, 1.165) is 11.3 Å². The average molecular weight is 384 g/mol. The zero-order valence-electron chi connectivity index (χ0n) is 15.4. The summed E-state index contributed by atoms with van der Waals surface area (Å²) < 4.78 is 7.63. The Balaban J connectivity index is 1.66. The van der Waals surface area contributed by atoms with Crippen LogP contribution in [0.3, 0.4) is 0 Å². The Hall–Kier alpha value is -2.79. The van der Waals surface area contributed by atoms with E-state index >= 15 is 0 Å². The highest BCUT2D eigenvalue weighted by molar-refractivity contribution is 6.30. The number of anilines is 1. The van der Waals surface area contributed by atoms with Crippen molar-refractivity contribution >= 4 is 23.3 Å². The van der Waals surface area contributed by atoms with Gasteiger partial charge in [-0.2, -0.15) is 5.10 Å². The van der Waals surface area contributed by atoms with Crippen LogP contribution in [-0.2, 0) is 11.3 Å². The van der Waals surface area contributed by atoms with Gasteiger partial charge in [-0.1, -0.05) is 48.9 Å². The molecular weight excluding hydrogens is 362 g/mol. The van der Waals surface area contributed by atoms with Crippen molar-refractivity contribution in [3.05, 3.63) is 76.9 Å². The quantitative estimate of drug-likeness (QED) is 0.644. The van der Waals surface area contributed by atoms with Gasteiger partial charge in [0.05, 0.1) is 6.54 Å². The van der Waals surface area contributed by atoms with Gasteiger partial charge in [-0.05, 0) is 43.2 Å². The zero-order valence-corrected chi connectivity index (χ0v) is 16.1. The van der Waals surface area contributed by atoms with Crippen molar-refractivity contribution in [3.8, 4) is 5.75 Å². The van der Waals surface area contributed by atoms with Crippen LogP contribution in [0.15, 0.2) is 60.7 Å². The van der Waals surface area contributed by atoms with E-state index in [1.165, 1.54) is 0 Å². The number of amides is 1. The number of carbonyl (C=O) groups excluding carboxylic acids is 1. The molecule has 6 heteroatoms. The number of carbonyl (C=O) groups is 1. The summed E-state index contributed by atoms with van der Waals surface area (Å²) >= 11 is 5.93. The van der Waals surface area contributed by atoms with Crippen molar-refractivity contribution in [2.45, 2.75) is 32.9 Å². The second kappa shape index (κ2) is 8.73. The minimum atomic E-state index is -0.575. The second-order valence-electron chi connectivity index (χ2n) is 6.27. The summed E-state index contributed by atoms with van der Waals surface area (Å²) in [5, 5.41) is 8.04. The summed E-state index contributed by atoms with van der Waals surface area (Å²) in [7, 11) is 0. The number of nitrogens with one attached hydrogen (secondary N) is 1. The second-order valence-corrected chi connectivity index (χ2v) is 6.71. The first-order chi connectivity index (χ1) is 13.0. The van der Waals surface area contributed by atoms with E-state index in [1.54, 1.807) is 0 Å². The lowest BCUT2D eigenvalue weighted by atomic mass is 10.2. The molecule has 0 saturated heterocycles. The molecule has 0 aliphatic rings. The molecule has 0 aliphatic carbocycles. The largest absolute Gasteiger partial charge is 0.481 e. The maximum atomic E-state index is 12.6. The zero-order chi connectivity index (χ0) is 19.2. The Morgan fingerprint density at radius 1 is 1.19 bits per heavy atom. The fourth-order valence-corrected chi connectivity index (χ4v) is 2.81. The summed E-state index contributed by atoms with van der Waals surface area (Å²) in [6.07, 6.45) is -0.0142. The standard InChI is InChI=1S/C21H22ClN3O2/c1-3-19(27-18-7-5-4-6-8-18)21(26)23-20-13-15(2)25(24-20)14-16-9-11-17(22)12-10-16/h4-13,19H,3,14H2,1-2H3,(H,23,24,26). The molecule has 140 valence electrons. The number of ether oxygens (including phenoxy) is 1. The van der Waals surface area contributed by atoms with Gasteiger partial charge >= 0.3 is 0 Å². The van der Waals surface area contributed by atoms with Crippen molar-refractivity contribution in [1.29, 1.82) is 0 Å². The third-order valence-electron chi connectivity index (χ3n) is 4.16. The molecule has 1 amide bonds. The van der Waals surface area contributed by atoms with Crippen molar-refractivity contribution in [1.82, 2.24) is 9.78 Å². The Kier molecular flexibility index (Phi) is 6.14. The van der Waals surface area contributed by atoms with Gasteiger partial charge in [0, 0.05) is 16.8 Å². The number of aromatic nitrogens is 2. The monoisotopic (exact) mass is 383 g/mol. The first kappa shape index (κ1) is 19.0. The van der Waals surface area contributed by atoms with Crippen LogP contribution in [0.5, 0.6) is 5.75 Å². The Morgan fingerprint density at radius 3 is 2.56 bits per heavy atom. The molecule has 0 radical (unpaired) electrons. The van der Waals surface area contributed by atoms with Crippen LogP contribution in [0.4, 0.5) is 5.82 Å². The first-order valence-electron chi connectivity index (χ1n) is 8.86. The summed E-state index contributed by atoms with van der Waals surface area (Å²) in [5.74, 6) is 0.975. The van der Waals surface area contributed by atoms with Gasteiger partial charge in [0.2, 0.25) is 0 Å². The normalized spacial score (nSPS) is 11.8. The molecule has 1 aromatic heterocycles. The van der Waals surface area contributed by atoms with E-state index < -0.39 is 6.10 Å². The van der Waals surface area contributed by atoms with Crippen LogP contribution in [0, 0.1) is 6.92 Å². The molecule has 2 aromatic carbocycles. The van der Waals surface area contributed by atoms with Crippen molar-refractivity contribution < 1.29 is 9.53 Å². The van der Waals surface area contributed by atoms with E-state index in [0.29, 0.717) is 29.6 Å². The van der Waals surface area contributed by atoms with E-state index in [2.05, 4.69) is 10.4 Å². The summed E-state index contributed by atoms with van der Waals surface area (Å²) in [5.41, 5.74) is 2.04. The number of nitrogens with zero attached hydrogens (tertiary/aromatic N) is 2. The van der Waals surface area contributed by atoms with Crippen LogP contribution in [0.25, 0.3) is 0 Å². The SMILES string of the molecule is CCC(Oc1ccccc1)C(=O)Nc1cc(C)n(Cc2ccc(Cl)cc2)n1. The predicted octanol–water partition coefficient (Wildman–Crippen LogP) is 4.69. The third kappa shape index (κ3) is 5.11. The van der Waals surface area contributed by atoms with Gasteiger partial charge in [-0.15, -0.1) is 0 Å². The number of hydrogen-bond acceptors (Lipinski definition) is 3. The van der Waals surface area contributed by atoms with Crippen LogP contribution in [0.1, 0.15) is 24.6 Å². The van der Waals surface area contributed by atoms with Crippen LogP contribution >= 0.6 is 11.6 Å². The molecule has 0 aliphatic heterocycles. The van der Waals surface area contributed by atoms with E-state index in [-0.39, 0.29) is 5.91 Å². The number of rotatable bonds is 7. The third-order valence-corrected chi connectivity index (χ3v) is 4.41. The number of hydrogen-bond donors (Lipinski definition) is 1. The molecule has 1 N–H and O–H groups in total. The van der Waals surface area contributed by atoms with Gasteiger partial charge in [0.1, 0.15) is 5.75 Å². The Labute approximate surface area is 163 Å². The molecule has 1 atom stereocenters. The minimum absolute atomic E-state index is 0.211. The maximum Gasteiger partial charge on any atom is 0.266 e. The molecule has 0 fully saturated rings. The van der Waals surface area contributed by atoms with Crippen molar-refractivity contribution in [3.63, 3.8) is 0 Å². The summed E-state index contributed by atoms with van der Waals surface area (Å²) in [4.78, 5) is 12.6. The molecule has 1 heterocycles. The topological polar surface area (TPSA) is 56.1 Å². The van der Waals surface area contributed by atoms with Crippen LogP contribution < -0.4 is 10.1 Å². The van der Waals surface area contributed by atoms with Gasteiger partial charge in [0.25, 0.3) is 5.91 Å². The number of halogens is 1. The Bertz CT molecular complexity index is 892. The molecule has 0 spiro atoms. The van der Waals surface area contributed by atoms with Gasteiger partial charge in [0.15, 0.2) is 11.9 Å². The average Bonchev–Trinajstić information content (AvgIpc) is 3.01. The summed E-state index contributed by atoms with van der Waals surface area (Å²) in [6, 6.07) is 18.8. The lowest BCUT2D eigenvalue weighted by Gasteiger charge is -2.16. The number of para-hydroxylation sites is 1. The number of aryl methyl sites for hydroxylation is 1. The number of benzene rings is 2. The lowest BCUT2D eigenvalue weighted by molar-refractivity contribution is -0.122. The molecule has 1 unspecified atom stereocenters. The Morgan fingerprint density at radius 2 is 1.89 bits per heavy atom. The maximum absolute atomic E-state index is 12.6. The molecule has 3 rings (SSSR count). The molecule has 27 heavy (non-hydrogen) atoms. The molecule has 0 saturated carbocycles. The van der Waals surface area contributed by atoms with Crippen molar-refractivity contribution in [2.24, 2.45) is 0 Å². The molecular formula is C21H22ClN3O2. The van der Waals surface area contributed by atoms with Gasteiger partial charge < -0.3 is 10.1 Å². The van der Waals surface area contributed by atoms with Crippen LogP contribution in [-0.4, -0.2) is 21.8 Å². The fourth-order valence-electron chi connectivity index (χ4n) is 2.69. The fraction of sp³-hybridized carbons (Fsp3) is 0.238. The molecule has 5 nitrogen and oxygen atoms in total. The minimum Gasteiger partial charge on any atom is -0.481 e. The van der Waals surface area contributed by atoms with Gasteiger partial charge in [-0.25, -0.2) is 0 Å². The predicted molar refractivity (Wildman–Crippen MR) is 107 cm³/mol. The smallest absolute Gasteiger partial charge is 0.266 e. The highest BCUT2D eigenvalue weighted by atomic mass is 35.5. The lowest BCUT2D eigenvalue weighted by Crippen LogP contribution is -2.32.